The van der Waals surface area contributed by atoms with Gasteiger partial charge in [-0.05, 0) is 50.2 Å². The number of fused-ring (bicyclic) bond motifs is 3. The SMILES string of the molecule is CC(=O)c1ccc(N2C(=O)c3cnc4c(c(C)nn4-c4cc(F)cc(F)c4)c3C2=O)cc1. The summed E-state index contributed by atoms with van der Waals surface area (Å²) in [5.74, 6) is -2.83. The van der Waals surface area contributed by atoms with Gasteiger partial charge >= 0.3 is 0 Å². The van der Waals surface area contributed by atoms with Crippen molar-refractivity contribution in [2.24, 2.45) is 0 Å². The Morgan fingerprint density at radius 3 is 2.22 bits per heavy atom. The second-order valence-corrected chi connectivity index (χ2v) is 7.42. The van der Waals surface area contributed by atoms with Crippen molar-refractivity contribution in [2.45, 2.75) is 13.8 Å². The van der Waals surface area contributed by atoms with Gasteiger partial charge in [0, 0.05) is 17.8 Å². The summed E-state index contributed by atoms with van der Waals surface area (Å²) in [5.41, 5.74) is 1.66. The van der Waals surface area contributed by atoms with Crippen LogP contribution in [0.1, 0.15) is 43.7 Å². The number of anilines is 1. The van der Waals surface area contributed by atoms with Crippen molar-refractivity contribution in [1.82, 2.24) is 14.8 Å². The molecule has 2 amide bonds. The van der Waals surface area contributed by atoms with Crippen LogP contribution >= 0.6 is 0 Å². The Morgan fingerprint density at radius 1 is 0.938 bits per heavy atom. The van der Waals surface area contributed by atoms with Crippen LogP contribution in [-0.2, 0) is 0 Å². The molecular formula is C23H14F2N4O3. The Kier molecular flexibility index (Phi) is 4.23. The number of carbonyl (C=O) groups excluding carboxylic acids is 3. The molecule has 0 saturated carbocycles. The van der Waals surface area contributed by atoms with Crippen molar-refractivity contribution in [3.05, 3.63) is 82.7 Å². The largest absolute Gasteiger partial charge is 0.295 e. The van der Waals surface area contributed by atoms with Gasteiger partial charge in [0.15, 0.2) is 11.4 Å². The van der Waals surface area contributed by atoms with Crippen LogP contribution < -0.4 is 4.90 Å². The number of aryl methyl sites for hydroxylation is 1. The zero-order valence-electron chi connectivity index (χ0n) is 16.9. The first-order valence-corrected chi connectivity index (χ1v) is 9.61. The average Bonchev–Trinajstić information content (AvgIpc) is 3.21. The molecule has 0 N–H and O–H groups in total. The number of nitrogens with zero attached hydrogens (tertiary/aromatic N) is 4. The molecule has 158 valence electrons. The predicted molar refractivity (Wildman–Crippen MR) is 111 cm³/mol. The van der Waals surface area contributed by atoms with Crippen molar-refractivity contribution in [3.63, 3.8) is 0 Å². The number of Topliss-reactive ketones (excluding diaryl/α,β-unsaturated/α-hetero) is 1. The molecule has 4 aromatic rings. The van der Waals surface area contributed by atoms with E-state index in [1.807, 2.05) is 0 Å². The summed E-state index contributed by atoms with van der Waals surface area (Å²) in [5, 5.41) is 4.64. The Hall–Kier alpha value is -4.27. The van der Waals surface area contributed by atoms with Gasteiger partial charge in [-0.1, -0.05) is 0 Å². The average molecular weight is 432 g/mol. The molecule has 2 aromatic heterocycles. The smallest absolute Gasteiger partial charge is 0.267 e. The van der Waals surface area contributed by atoms with E-state index in [1.54, 1.807) is 6.92 Å². The third-order valence-electron chi connectivity index (χ3n) is 5.35. The van der Waals surface area contributed by atoms with Gasteiger partial charge in [-0.2, -0.15) is 5.10 Å². The van der Waals surface area contributed by atoms with Crippen LogP contribution in [0.2, 0.25) is 0 Å². The van der Waals surface area contributed by atoms with Gasteiger partial charge in [-0.3, -0.25) is 14.4 Å². The molecule has 0 spiro atoms. The van der Waals surface area contributed by atoms with Crippen LogP contribution in [-0.4, -0.2) is 32.4 Å². The maximum atomic E-state index is 13.7. The maximum absolute atomic E-state index is 13.7. The second kappa shape index (κ2) is 6.88. The molecule has 0 atom stereocenters. The number of amides is 2. The molecule has 9 heteroatoms. The van der Waals surface area contributed by atoms with Gasteiger partial charge in [0.1, 0.15) is 11.6 Å². The first-order valence-electron chi connectivity index (χ1n) is 9.61. The van der Waals surface area contributed by atoms with Crippen molar-refractivity contribution in [2.75, 3.05) is 4.90 Å². The summed E-state index contributed by atoms with van der Waals surface area (Å²) >= 11 is 0. The fourth-order valence-electron chi connectivity index (χ4n) is 3.88. The molecule has 0 fully saturated rings. The summed E-state index contributed by atoms with van der Waals surface area (Å²) in [6.45, 7) is 3.04. The summed E-state index contributed by atoms with van der Waals surface area (Å²) < 4.78 is 28.7. The zero-order valence-corrected chi connectivity index (χ0v) is 16.9. The summed E-state index contributed by atoms with van der Waals surface area (Å²) in [6.07, 6.45) is 1.26. The molecule has 32 heavy (non-hydrogen) atoms. The monoisotopic (exact) mass is 432 g/mol. The van der Waals surface area contributed by atoms with Crippen LogP contribution in [0.25, 0.3) is 16.7 Å². The molecule has 1 aliphatic heterocycles. The van der Waals surface area contributed by atoms with Gasteiger partial charge in [0.2, 0.25) is 0 Å². The zero-order chi connectivity index (χ0) is 22.7. The normalized spacial score (nSPS) is 13.2. The minimum atomic E-state index is -0.783. The molecule has 1 aliphatic rings. The van der Waals surface area contributed by atoms with Crippen molar-refractivity contribution >= 4 is 34.3 Å². The number of pyridine rings is 1. The number of imide groups is 1. The van der Waals surface area contributed by atoms with Crippen molar-refractivity contribution < 1.29 is 23.2 Å². The molecule has 0 saturated heterocycles. The molecule has 3 heterocycles. The van der Waals surface area contributed by atoms with Gasteiger partial charge in [0.05, 0.1) is 33.6 Å². The number of benzene rings is 2. The molecule has 5 rings (SSSR count). The molecular weight excluding hydrogens is 418 g/mol. The van der Waals surface area contributed by atoms with E-state index in [1.165, 1.54) is 42.1 Å². The highest BCUT2D eigenvalue weighted by atomic mass is 19.1. The predicted octanol–water partition coefficient (Wildman–Crippen LogP) is 4.01. The van der Waals surface area contributed by atoms with Crippen LogP contribution in [0.3, 0.4) is 0 Å². The standard InChI is InChI=1S/C23H14F2N4O3/c1-11-19-20-18(10-26-21(19)29(27-11)17-8-14(24)7-15(25)9-17)22(31)28(23(20)32)16-5-3-13(4-6-16)12(2)30/h3-10H,1-2H3. The topological polar surface area (TPSA) is 85.2 Å². The van der Waals surface area contributed by atoms with E-state index in [0.717, 1.165) is 23.1 Å². The van der Waals surface area contributed by atoms with E-state index < -0.39 is 23.4 Å². The minimum Gasteiger partial charge on any atom is -0.295 e. The van der Waals surface area contributed by atoms with Gasteiger partial charge in [0.25, 0.3) is 11.8 Å². The highest BCUT2D eigenvalue weighted by Crippen LogP contribution is 2.34. The Bertz CT molecular complexity index is 1450. The van der Waals surface area contributed by atoms with E-state index in [0.29, 0.717) is 22.3 Å². The lowest BCUT2D eigenvalue weighted by molar-refractivity contribution is 0.0925. The van der Waals surface area contributed by atoms with Crippen LogP contribution in [0.4, 0.5) is 14.5 Å². The van der Waals surface area contributed by atoms with E-state index in [-0.39, 0.29) is 28.2 Å². The first kappa shape index (κ1) is 19.7. The minimum absolute atomic E-state index is 0.0986. The fraction of sp³-hybridized carbons (Fsp3) is 0.0870. The summed E-state index contributed by atoms with van der Waals surface area (Å²) in [7, 11) is 0. The van der Waals surface area contributed by atoms with Crippen molar-refractivity contribution in [1.29, 1.82) is 0 Å². The van der Waals surface area contributed by atoms with E-state index in [9.17, 15) is 23.2 Å². The number of halogens is 2. The van der Waals surface area contributed by atoms with Gasteiger partial charge in [-0.25, -0.2) is 23.3 Å². The number of rotatable bonds is 3. The summed E-state index contributed by atoms with van der Waals surface area (Å²) in [6, 6.07) is 9.06. The fourth-order valence-corrected chi connectivity index (χ4v) is 3.88. The van der Waals surface area contributed by atoms with Crippen LogP contribution in [0.5, 0.6) is 0 Å². The quantitative estimate of drug-likeness (QED) is 0.361. The molecule has 0 radical (unpaired) electrons. The van der Waals surface area contributed by atoms with Crippen molar-refractivity contribution in [3.8, 4) is 5.69 Å². The molecule has 0 unspecified atom stereocenters. The Balaban J connectivity index is 1.67. The number of hydrogen-bond acceptors (Lipinski definition) is 5. The lowest BCUT2D eigenvalue weighted by Crippen LogP contribution is -2.29. The molecule has 0 bridgehead atoms. The number of hydrogen-bond donors (Lipinski definition) is 0. The van der Waals surface area contributed by atoms with Gasteiger partial charge in [-0.15, -0.1) is 0 Å². The number of ketones is 1. The highest BCUT2D eigenvalue weighted by molar-refractivity contribution is 6.37. The molecule has 0 aliphatic carbocycles. The second-order valence-electron chi connectivity index (χ2n) is 7.42. The van der Waals surface area contributed by atoms with E-state index in [4.69, 9.17) is 0 Å². The lowest BCUT2D eigenvalue weighted by atomic mass is 10.1. The third kappa shape index (κ3) is 2.82. The van der Waals surface area contributed by atoms with Crippen LogP contribution in [0.15, 0.2) is 48.7 Å². The molecule has 2 aromatic carbocycles. The summed E-state index contributed by atoms with van der Waals surface area (Å²) in [4.78, 5) is 43.1. The maximum Gasteiger partial charge on any atom is 0.267 e. The lowest BCUT2D eigenvalue weighted by Gasteiger charge is -2.14. The van der Waals surface area contributed by atoms with E-state index in [2.05, 4.69) is 10.1 Å². The van der Waals surface area contributed by atoms with Gasteiger partial charge < -0.3 is 0 Å². The third-order valence-corrected chi connectivity index (χ3v) is 5.35. The number of carbonyl (C=O) groups is 3. The Morgan fingerprint density at radius 2 is 1.59 bits per heavy atom. The first-order chi connectivity index (χ1) is 15.3. The molecule has 7 nitrogen and oxygen atoms in total. The van der Waals surface area contributed by atoms with Crippen LogP contribution in [0, 0.1) is 18.6 Å². The Labute approximate surface area is 179 Å². The highest BCUT2D eigenvalue weighted by Gasteiger charge is 2.40. The van der Waals surface area contributed by atoms with E-state index >= 15 is 0 Å². The number of aromatic nitrogens is 3.